The summed E-state index contributed by atoms with van der Waals surface area (Å²) in [5.41, 5.74) is 1.98. The Morgan fingerprint density at radius 2 is 1.90 bits per heavy atom. The Hall–Kier alpha value is -1.44. The van der Waals surface area contributed by atoms with E-state index in [1.165, 1.54) is 0 Å². The molecule has 5 nitrogen and oxygen atoms in total. The minimum atomic E-state index is -4.55. The van der Waals surface area contributed by atoms with Crippen LogP contribution in [0.15, 0.2) is 34.9 Å². The summed E-state index contributed by atoms with van der Waals surface area (Å²) < 4.78 is 40.6. The van der Waals surface area contributed by atoms with Crippen LogP contribution in [0.2, 0.25) is 0 Å². The first-order chi connectivity index (χ1) is 9.52. The third-order valence-corrected chi connectivity index (χ3v) is 4.54. The van der Waals surface area contributed by atoms with E-state index in [0.717, 1.165) is 27.4 Å². The summed E-state index contributed by atoms with van der Waals surface area (Å²) >= 11 is 0. The van der Waals surface area contributed by atoms with Crippen molar-refractivity contribution in [3.63, 3.8) is 0 Å². The van der Waals surface area contributed by atoms with Crippen molar-refractivity contribution in [1.82, 2.24) is 9.21 Å². The average Bonchev–Trinajstić information content (AvgIpc) is 2.86. The van der Waals surface area contributed by atoms with Gasteiger partial charge in [0.05, 0.1) is 6.26 Å². The standard InChI is InChI=1S/C13H15FN2O3S/c14-20(17,18)16-6-4-15(5-7-16)10-11-1-2-13-12(9-11)3-8-19-13/h1-3,8-9H,4-7,10H2. The van der Waals surface area contributed by atoms with Gasteiger partial charge in [-0.2, -0.15) is 12.7 Å². The Balaban J connectivity index is 1.64. The lowest BCUT2D eigenvalue weighted by atomic mass is 10.1. The van der Waals surface area contributed by atoms with Gasteiger partial charge in [0.15, 0.2) is 0 Å². The van der Waals surface area contributed by atoms with Crippen molar-refractivity contribution in [3.05, 3.63) is 36.1 Å². The predicted molar refractivity (Wildman–Crippen MR) is 73.1 cm³/mol. The molecule has 1 fully saturated rings. The highest BCUT2D eigenvalue weighted by Gasteiger charge is 2.26. The van der Waals surface area contributed by atoms with Gasteiger partial charge in [-0.25, -0.2) is 0 Å². The van der Waals surface area contributed by atoms with Crippen molar-refractivity contribution in [2.75, 3.05) is 26.2 Å². The smallest absolute Gasteiger partial charge is 0.374 e. The number of hydrogen-bond donors (Lipinski definition) is 0. The van der Waals surface area contributed by atoms with Gasteiger partial charge in [-0.3, -0.25) is 4.90 Å². The van der Waals surface area contributed by atoms with Gasteiger partial charge < -0.3 is 4.42 Å². The van der Waals surface area contributed by atoms with E-state index >= 15 is 0 Å². The highest BCUT2D eigenvalue weighted by Crippen LogP contribution is 2.19. The maximum atomic E-state index is 12.8. The van der Waals surface area contributed by atoms with Crippen molar-refractivity contribution < 1.29 is 16.7 Å². The highest BCUT2D eigenvalue weighted by atomic mass is 32.3. The highest BCUT2D eigenvalue weighted by molar-refractivity contribution is 7.83. The molecule has 0 bridgehead atoms. The Morgan fingerprint density at radius 3 is 2.60 bits per heavy atom. The molecule has 2 heterocycles. The quantitative estimate of drug-likeness (QED) is 0.810. The van der Waals surface area contributed by atoms with E-state index in [1.54, 1.807) is 6.26 Å². The average molecular weight is 298 g/mol. The second-order valence-corrected chi connectivity index (χ2v) is 6.25. The van der Waals surface area contributed by atoms with Crippen LogP contribution in [0.25, 0.3) is 11.0 Å². The van der Waals surface area contributed by atoms with E-state index in [-0.39, 0.29) is 13.1 Å². The monoisotopic (exact) mass is 298 g/mol. The van der Waals surface area contributed by atoms with Crippen LogP contribution in [0.4, 0.5) is 3.89 Å². The molecule has 3 rings (SSSR count). The summed E-state index contributed by atoms with van der Waals surface area (Å²) in [4.78, 5) is 2.11. The largest absolute Gasteiger partial charge is 0.464 e. The molecule has 0 radical (unpaired) electrons. The maximum Gasteiger partial charge on any atom is 0.374 e. The molecule has 1 aromatic carbocycles. The molecule has 2 aromatic rings. The predicted octanol–water partition coefficient (Wildman–Crippen LogP) is 1.76. The molecule has 1 aromatic heterocycles. The fourth-order valence-corrected chi connectivity index (χ4v) is 3.08. The molecule has 1 aliphatic rings. The van der Waals surface area contributed by atoms with Gasteiger partial charge >= 0.3 is 10.4 Å². The molecule has 0 spiro atoms. The van der Waals surface area contributed by atoms with Gasteiger partial charge in [0.2, 0.25) is 0 Å². The molecule has 7 heteroatoms. The first kappa shape index (κ1) is 13.5. The summed E-state index contributed by atoms with van der Waals surface area (Å²) in [6.45, 7) is 2.19. The zero-order chi connectivity index (χ0) is 14.2. The van der Waals surface area contributed by atoms with Crippen molar-refractivity contribution in [2.24, 2.45) is 0 Å². The first-order valence-corrected chi connectivity index (χ1v) is 7.75. The molecular weight excluding hydrogens is 283 g/mol. The van der Waals surface area contributed by atoms with Crippen molar-refractivity contribution in [3.8, 4) is 0 Å². The van der Waals surface area contributed by atoms with Gasteiger partial charge in [0, 0.05) is 38.1 Å². The van der Waals surface area contributed by atoms with E-state index in [1.807, 2.05) is 18.2 Å². The lowest BCUT2D eigenvalue weighted by molar-refractivity contribution is 0.178. The van der Waals surface area contributed by atoms with E-state index in [0.29, 0.717) is 13.1 Å². The molecule has 20 heavy (non-hydrogen) atoms. The van der Waals surface area contributed by atoms with Crippen LogP contribution >= 0.6 is 0 Å². The number of hydrogen-bond acceptors (Lipinski definition) is 4. The SMILES string of the molecule is O=S(=O)(F)N1CCN(Cc2ccc3occc3c2)CC1. The lowest BCUT2D eigenvalue weighted by Crippen LogP contribution is -2.47. The molecule has 0 saturated carbocycles. The summed E-state index contributed by atoms with van der Waals surface area (Å²) in [7, 11) is -4.55. The van der Waals surface area contributed by atoms with Crippen molar-refractivity contribution in [2.45, 2.75) is 6.54 Å². The minimum absolute atomic E-state index is 0.201. The normalized spacial score (nSPS) is 18.6. The zero-order valence-corrected chi connectivity index (χ0v) is 11.6. The molecule has 0 amide bonds. The van der Waals surface area contributed by atoms with Crippen LogP contribution in [-0.4, -0.2) is 43.8 Å². The summed E-state index contributed by atoms with van der Waals surface area (Å²) in [6, 6.07) is 7.88. The Bertz CT molecular complexity index is 705. The van der Waals surface area contributed by atoms with Gasteiger partial charge in [0.1, 0.15) is 5.58 Å². The van der Waals surface area contributed by atoms with E-state index in [9.17, 15) is 12.3 Å². The third-order valence-electron chi connectivity index (χ3n) is 3.56. The Labute approximate surface area is 116 Å². The molecule has 108 valence electrons. The summed E-state index contributed by atoms with van der Waals surface area (Å²) in [6.07, 6.45) is 1.65. The topological polar surface area (TPSA) is 53.8 Å². The third kappa shape index (κ3) is 2.84. The summed E-state index contributed by atoms with van der Waals surface area (Å²) in [5.74, 6) is 0. The zero-order valence-electron chi connectivity index (χ0n) is 10.8. The lowest BCUT2D eigenvalue weighted by Gasteiger charge is -2.31. The Kier molecular flexibility index (Phi) is 3.49. The maximum absolute atomic E-state index is 12.8. The number of nitrogens with zero attached hydrogens (tertiary/aromatic N) is 2. The van der Waals surface area contributed by atoms with Gasteiger partial charge in [0.25, 0.3) is 0 Å². The molecular formula is C13H15FN2O3S. The molecule has 0 unspecified atom stereocenters. The second kappa shape index (κ2) is 5.16. The number of piperazine rings is 1. The van der Waals surface area contributed by atoms with Crippen LogP contribution in [0.5, 0.6) is 0 Å². The van der Waals surface area contributed by atoms with Gasteiger partial charge in [-0.05, 0) is 23.8 Å². The first-order valence-electron chi connectivity index (χ1n) is 6.40. The van der Waals surface area contributed by atoms with E-state index in [4.69, 9.17) is 4.42 Å². The number of furan rings is 1. The van der Waals surface area contributed by atoms with Crippen LogP contribution in [0.1, 0.15) is 5.56 Å². The van der Waals surface area contributed by atoms with Crippen LogP contribution in [-0.2, 0) is 17.0 Å². The fourth-order valence-electron chi connectivity index (χ4n) is 2.48. The number of benzene rings is 1. The molecule has 0 N–H and O–H groups in total. The van der Waals surface area contributed by atoms with Gasteiger partial charge in [-0.1, -0.05) is 9.95 Å². The molecule has 0 atom stereocenters. The Morgan fingerprint density at radius 1 is 1.15 bits per heavy atom. The fraction of sp³-hybridized carbons (Fsp3) is 0.385. The van der Waals surface area contributed by atoms with Gasteiger partial charge in [-0.15, -0.1) is 0 Å². The number of rotatable bonds is 3. The van der Waals surface area contributed by atoms with Crippen molar-refractivity contribution >= 4 is 21.4 Å². The summed E-state index contributed by atoms with van der Waals surface area (Å²) in [5, 5.41) is 1.05. The number of fused-ring (bicyclic) bond motifs is 1. The van der Waals surface area contributed by atoms with Crippen LogP contribution < -0.4 is 0 Å². The van der Waals surface area contributed by atoms with E-state index < -0.39 is 10.4 Å². The second-order valence-electron chi connectivity index (χ2n) is 4.91. The number of halogens is 1. The van der Waals surface area contributed by atoms with Crippen LogP contribution in [0, 0.1) is 0 Å². The molecule has 1 saturated heterocycles. The van der Waals surface area contributed by atoms with E-state index in [2.05, 4.69) is 11.0 Å². The molecule has 0 aliphatic carbocycles. The molecule has 1 aliphatic heterocycles. The van der Waals surface area contributed by atoms with Crippen LogP contribution in [0.3, 0.4) is 0 Å². The van der Waals surface area contributed by atoms with Crippen molar-refractivity contribution in [1.29, 1.82) is 0 Å². The minimum Gasteiger partial charge on any atom is -0.464 e.